The molecule has 0 spiro atoms. The van der Waals surface area contributed by atoms with Crippen LogP contribution in [0.4, 0.5) is 13.2 Å². The van der Waals surface area contributed by atoms with Crippen LogP contribution in [-0.2, 0) is 6.18 Å². The van der Waals surface area contributed by atoms with Gasteiger partial charge in [0.05, 0.1) is 39.0 Å². The Morgan fingerprint density at radius 1 is 0.509 bits per heavy atom. The Kier molecular flexibility index (Phi) is 7.73. The third-order valence-electron chi connectivity index (χ3n) is 10.6. The monoisotopic (exact) mass is 747 g/mol. The number of alkyl halides is 3. The fraction of sp³-hybridized carbons (Fsp3) is 0.0426. The number of aryl methyl sites for hydroxylation is 1. The first-order chi connectivity index (χ1) is 27.8. The van der Waals surface area contributed by atoms with Crippen molar-refractivity contribution in [1.29, 1.82) is 5.26 Å². The second-order valence-corrected chi connectivity index (χ2v) is 13.8. The molecule has 10 heteroatoms. The van der Waals surface area contributed by atoms with Gasteiger partial charge in [-0.25, -0.2) is 19.9 Å². The van der Waals surface area contributed by atoms with Gasteiger partial charge in [-0.05, 0) is 78.2 Å². The lowest BCUT2D eigenvalue weighted by molar-refractivity contribution is -0.137. The number of para-hydroxylation sites is 2. The first kappa shape index (κ1) is 33.9. The Bertz CT molecular complexity index is 3070. The van der Waals surface area contributed by atoms with Gasteiger partial charge in [0.15, 0.2) is 11.6 Å². The van der Waals surface area contributed by atoms with Gasteiger partial charge in [0.1, 0.15) is 11.6 Å². The molecular formula is C47H28F3N7. The highest BCUT2D eigenvalue weighted by molar-refractivity contribution is 6.12. The summed E-state index contributed by atoms with van der Waals surface area (Å²) in [4.78, 5) is 17.9. The molecule has 57 heavy (non-hydrogen) atoms. The van der Waals surface area contributed by atoms with Gasteiger partial charge in [0.25, 0.3) is 0 Å². The van der Waals surface area contributed by atoms with Gasteiger partial charge < -0.3 is 9.13 Å². The van der Waals surface area contributed by atoms with E-state index in [2.05, 4.69) is 26.0 Å². The zero-order valence-corrected chi connectivity index (χ0v) is 30.2. The van der Waals surface area contributed by atoms with Crippen molar-refractivity contribution in [3.05, 3.63) is 169 Å². The van der Waals surface area contributed by atoms with E-state index in [1.54, 1.807) is 62.0 Å². The maximum absolute atomic E-state index is 15.0. The zero-order chi connectivity index (χ0) is 38.8. The van der Waals surface area contributed by atoms with Crippen LogP contribution < -0.4 is 0 Å². The molecule has 4 aromatic heterocycles. The lowest BCUT2D eigenvalue weighted by atomic mass is 9.92. The SMILES string of the molecule is Cc1cccc(C(F)(F)F)c1-c1cc(-n2c3ccccc3c3ccc(-c4ncccn4)cc32)c(C#N)c(-n2c3ccccc3c3ccc(-c4ncccn4)cc32)c1. The minimum absolute atomic E-state index is 0.0373. The number of rotatable bonds is 5. The van der Waals surface area contributed by atoms with Crippen LogP contribution in [0.2, 0.25) is 0 Å². The molecule has 0 bridgehead atoms. The summed E-state index contributed by atoms with van der Waals surface area (Å²) in [6.07, 6.45) is 2.05. The van der Waals surface area contributed by atoms with Crippen molar-refractivity contribution in [2.75, 3.05) is 0 Å². The summed E-state index contributed by atoms with van der Waals surface area (Å²) < 4.78 is 48.9. The molecule has 0 amide bonds. The lowest BCUT2D eigenvalue weighted by Gasteiger charge is -2.21. The number of nitriles is 1. The summed E-state index contributed by atoms with van der Waals surface area (Å²) >= 11 is 0. The van der Waals surface area contributed by atoms with Crippen LogP contribution in [0.3, 0.4) is 0 Å². The molecular weight excluding hydrogens is 720 g/mol. The van der Waals surface area contributed by atoms with Gasteiger partial charge in [-0.15, -0.1) is 0 Å². The third kappa shape index (κ3) is 5.43. The van der Waals surface area contributed by atoms with Crippen molar-refractivity contribution in [2.45, 2.75) is 13.1 Å². The number of nitrogens with zero attached hydrogens (tertiary/aromatic N) is 7. The second kappa shape index (κ2) is 13.0. The van der Waals surface area contributed by atoms with Gasteiger partial charge in [0.2, 0.25) is 0 Å². The molecule has 0 aliphatic rings. The maximum Gasteiger partial charge on any atom is 0.417 e. The summed E-state index contributed by atoms with van der Waals surface area (Å²) in [7, 11) is 0. The number of halogens is 3. The van der Waals surface area contributed by atoms with E-state index in [-0.39, 0.29) is 11.1 Å². The molecule has 0 fully saturated rings. The van der Waals surface area contributed by atoms with E-state index >= 15 is 0 Å². The number of hydrogen-bond donors (Lipinski definition) is 0. The first-order valence-corrected chi connectivity index (χ1v) is 18.2. The molecule has 10 rings (SSSR count). The van der Waals surface area contributed by atoms with Crippen LogP contribution in [0.25, 0.3) is 88.9 Å². The molecule has 0 atom stereocenters. The van der Waals surface area contributed by atoms with E-state index in [0.29, 0.717) is 34.2 Å². The van der Waals surface area contributed by atoms with Crippen molar-refractivity contribution in [3.63, 3.8) is 0 Å². The standard InChI is InChI=1S/C47H28F3N7/c1-28-9-6-12-37(47(48,49)50)44(28)31-25-42(56-38-13-4-2-10-32(38)34-17-15-29(23-40(34)56)45-52-19-7-20-53-45)36(27-51)43(26-31)57-39-14-5-3-11-33(39)35-18-16-30(24-41(35)57)46-54-21-8-22-55-46/h2-26H,1H3. The molecule has 0 saturated carbocycles. The summed E-state index contributed by atoms with van der Waals surface area (Å²) in [6.45, 7) is 1.68. The summed E-state index contributed by atoms with van der Waals surface area (Å²) in [5.74, 6) is 1.04. The van der Waals surface area contributed by atoms with Crippen LogP contribution in [0, 0.1) is 18.3 Å². The minimum atomic E-state index is -4.65. The third-order valence-corrected chi connectivity index (χ3v) is 10.6. The number of fused-ring (bicyclic) bond motifs is 6. The van der Waals surface area contributed by atoms with Gasteiger partial charge in [0, 0.05) is 57.5 Å². The molecule has 0 unspecified atom stereocenters. The van der Waals surface area contributed by atoms with E-state index in [4.69, 9.17) is 0 Å². The number of aromatic nitrogens is 6. The number of benzene rings is 6. The van der Waals surface area contributed by atoms with Crippen LogP contribution >= 0.6 is 0 Å². The van der Waals surface area contributed by atoms with E-state index in [1.165, 1.54) is 6.07 Å². The zero-order valence-electron chi connectivity index (χ0n) is 30.2. The molecule has 0 N–H and O–H groups in total. The predicted molar refractivity (Wildman–Crippen MR) is 217 cm³/mol. The molecule has 6 aromatic carbocycles. The Balaban J connectivity index is 1.38. The van der Waals surface area contributed by atoms with Gasteiger partial charge in [-0.1, -0.05) is 72.8 Å². The van der Waals surface area contributed by atoms with Crippen molar-refractivity contribution >= 4 is 43.6 Å². The van der Waals surface area contributed by atoms with Gasteiger partial charge in [-0.3, -0.25) is 0 Å². The normalized spacial score (nSPS) is 11.8. The predicted octanol–water partition coefficient (Wildman–Crippen LogP) is 11.7. The maximum atomic E-state index is 15.0. The summed E-state index contributed by atoms with van der Waals surface area (Å²) in [5, 5.41) is 15.0. The Hall–Kier alpha value is -7.64. The molecule has 4 heterocycles. The first-order valence-electron chi connectivity index (χ1n) is 18.2. The van der Waals surface area contributed by atoms with Crippen molar-refractivity contribution in [3.8, 4) is 51.3 Å². The van der Waals surface area contributed by atoms with Crippen LogP contribution in [0.1, 0.15) is 16.7 Å². The van der Waals surface area contributed by atoms with Crippen molar-refractivity contribution in [1.82, 2.24) is 29.1 Å². The largest absolute Gasteiger partial charge is 0.417 e. The van der Waals surface area contributed by atoms with Crippen molar-refractivity contribution < 1.29 is 13.2 Å². The Morgan fingerprint density at radius 2 is 0.982 bits per heavy atom. The average Bonchev–Trinajstić information content (AvgIpc) is 3.75. The van der Waals surface area contributed by atoms with E-state index in [0.717, 1.165) is 60.8 Å². The Labute approximate surface area is 323 Å². The molecule has 0 radical (unpaired) electrons. The fourth-order valence-electron chi connectivity index (χ4n) is 8.15. The van der Waals surface area contributed by atoms with Crippen molar-refractivity contribution in [2.24, 2.45) is 0 Å². The highest BCUT2D eigenvalue weighted by Gasteiger charge is 2.35. The van der Waals surface area contributed by atoms with Gasteiger partial charge in [-0.2, -0.15) is 18.4 Å². The van der Waals surface area contributed by atoms with Crippen LogP contribution in [0.15, 0.2) is 152 Å². The molecule has 0 saturated heterocycles. The fourth-order valence-corrected chi connectivity index (χ4v) is 8.15. The lowest BCUT2D eigenvalue weighted by Crippen LogP contribution is -2.10. The minimum Gasteiger partial charge on any atom is -0.308 e. The smallest absolute Gasteiger partial charge is 0.308 e. The average molecular weight is 748 g/mol. The summed E-state index contributed by atoms with van der Waals surface area (Å²) in [6, 6.07) is 41.2. The number of hydrogen-bond acceptors (Lipinski definition) is 5. The molecule has 10 aromatic rings. The Morgan fingerprint density at radius 3 is 1.46 bits per heavy atom. The van der Waals surface area contributed by atoms with E-state index in [9.17, 15) is 18.4 Å². The van der Waals surface area contributed by atoms with E-state index in [1.807, 2.05) is 94.1 Å². The second-order valence-electron chi connectivity index (χ2n) is 13.8. The molecule has 0 aliphatic heterocycles. The van der Waals surface area contributed by atoms with Crippen LogP contribution in [-0.4, -0.2) is 29.1 Å². The quantitative estimate of drug-likeness (QED) is 0.175. The molecule has 272 valence electrons. The van der Waals surface area contributed by atoms with E-state index < -0.39 is 11.7 Å². The van der Waals surface area contributed by atoms with Crippen LogP contribution in [0.5, 0.6) is 0 Å². The molecule has 0 aliphatic carbocycles. The van der Waals surface area contributed by atoms with Gasteiger partial charge >= 0.3 is 6.18 Å². The highest BCUT2D eigenvalue weighted by Crippen LogP contribution is 2.44. The summed E-state index contributed by atoms with van der Waals surface area (Å²) in [5.41, 5.74) is 5.70. The topological polar surface area (TPSA) is 85.2 Å². The highest BCUT2D eigenvalue weighted by atomic mass is 19.4. The molecule has 7 nitrogen and oxygen atoms in total.